The van der Waals surface area contributed by atoms with Crippen LogP contribution >= 0.6 is 11.6 Å². The molecule has 1 fully saturated rings. The molecule has 1 unspecified atom stereocenters. The Kier molecular flexibility index (Phi) is 5.60. The molecule has 0 aromatic carbocycles. The summed E-state index contributed by atoms with van der Waals surface area (Å²) in [6, 6.07) is 0. The number of likely N-dealkylation sites (tertiary alicyclic amines) is 1. The van der Waals surface area contributed by atoms with E-state index < -0.39 is 0 Å². The van der Waals surface area contributed by atoms with Gasteiger partial charge in [-0.2, -0.15) is 0 Å². The SMILES string of the molecule is CNC(=O)C1CCCN(C(=O)CCCCl)C1. The van der Waals surface area contributed by atoms with Crippen LogP contribution in [-0.4, -0.2) is 42.7 Å². The molecule has 0 bridgehead atoms. The molecular weight excluding hydrogens is 228 g/mol. The van der Waals surface area contributed by atoms with E-state index in [0.717, 1.165) is 19.4 Å². The van der Waals surface area contributed by atoms with Crippen LogP contribution in [0.1, 0.15) is 25.7 Å². The van der Waals surface area contributed by atoms with Gasteiger partial charge in [0.15, 0.2) is 0 Å². The van der Waals surface area contributed by atoms with Gasteiger partial charge in [-0.25, -0.2) is 0 Å². The first-order chi connectivity index (χ1) is 7.69. The van der Waals surface area contributed by atoms with Gasteiger partial charge in [0, 0.05) is 32.4 Å². The highest BCUT2D eigenvalue weighted by Gasteiger charge is 2.27. The predicted octanol–water partition coefficient (Wildman–Crippen LogP) is 0.990. The first kappa shape index (κ1) is 13.3. The Morgan fingerprint density at radius 3 is 2.88 bits per heavy atom. The molecule has 1 rings (SSSR count). The average molecular weight is 247 g/mol. The molecule has 2 amide bonds. The summed E-state index contributed by atoms with van der Waals surface area (Å²) >= 11 is 5.55. The van der Waals surface area contributed by atoms with E-state index in [0.29, 0.717) is 25.3 Å². The highest BCUT2D eigenvalue weighted by molar-refractivity contribution is 6.17. The molecule has 4 nitrogen and oxygen atoms in total. The number of amides is 2. The molecule has 5 heteroatoms. The molecule has 0 aliphatic carbocycles. The average Bonchev–Trinajstić information content (AvgIpc) is 2.35. The van der Waals surface area contributed by atoms with Gasteiger partial charge < -0.3 is 10.2 Å². The van der Waals surface area contributed by atoms with Crippen molar-refractivity contribution in [3.8, 4) is 0 Å². The Bertz CT molecular complexity index is 258. The Morgan fingerprint density at radius 1 is 1.50 bits per heavy atom. The van der Waals surface area contributed by atoms with Gasteiger partial charge in [0.1, 0.15) is 0 Å². The maximum atomic E-state index is 11.7. The van der Waals surface area contributed by atoms with Crippen molar-refractivity contribution in [1.29, 1.82) is 0 Å². The number of carbonyl (C=O) groups excluding carboxylic acids is 2. The van der Waals surface area contributed by atoms with E-state index in [1.807, 2.05) is 0 Å². The quantitative estimate of drug-likeness (QED) is 0.752. The lowest BCUT2D eigenvalue weighted by atomic mass is 9.97. The van der Waals surface area contributed by atoms with Gasteiger partial charge in [0.2, 0.25) is 11.8 Å². The number of hydrogen-bond donors (Lipinski definition) is 1. The standard InChI is InChI=1S/C11H19ClN2O2/c1-13-11(16)9-4-3-7-14(8-9)10(15)5-2-6-12/h9H,2-8H2,1H3,(H,13,16). The summed E-state index contributed by atoms with van der Waals surface area (Å²) in [5, 5.41) is 2.64. The van der Waals surface area contributed by atoms with E-state index >= 15 is 0 Å². The van der Waals surface area contributed by atoms with Crippen molar-refractivity contribution in [2.75, 3.05) is 26.0 Å². The summed E-state index contributed by atoms with van der Waals surface area (Å²) in [6.07, 6.45) is 2.98. The first-order valence-electron chi connectivity index (χ1n) is 5.74. The molecular formula is C11H19ClN2O2. The molecule has 1 atom stereocenters. The zero-order valence-electron chi connectivity index (χ0n) is 9.67. The monoisotopic (exact) mass is 246 g/mol. The molecule has 1 aliphatic rings. The highest BCUT2D eigenvalue weighted by atomic mass is 35.5. The van der Waals surface area contributed by atoms with Gasteiger partial charge in [-0.1, -0.05) is 0 Å². The van der Waals surface area contributed by atoms with E-state index in [2.05, 4.69) is 5.32 Å². The first-order valence-corrected chi connectivity index (χ1v) is 6.27. The van der Waals surface area contributed by atoms with Crippen molar-refractivity contribution in [2.45, 2.75) is 25.7 Å². The summed E-state index contributed by atoms with van der Waals surface area (Å²) in [7, 11) is 1.64. The van der Waals surface area contributed by atoms with Gasteiger partial charge in [0.25, 0.3) is 0 Å². The normalized spacial score (nSPS) is 20.6. The lowest BCUT2D eigenvalue weighted by Gasteiger charge is -2.31. The number of rotatable bonds is 4. The van der Waals surface area contributed by atoms with Crippen LogP contribution < -0.4 is 5.32 Å². The van der Waals surface area contributed by atoms with Gasteiger partial charge in [-0.05, 0) is 19.3 Å². The summed E-state index contributed by atoms with van der Waals surface area (Å²) in [5.41, 5.74) is 0. The molecule has 1 heterocycles. The van der Waals surface area contributed by atoms with Crippen molar-refractivity contribution in [3.05, 3.63) is 0 Å². The molecule has 92 valence electrons. The fourth-order valence-corrected chi connectivity index (χ4v) is 2.13. The second-order valence-corrected chi connectivity index (χ2v) is 4.46. The summed E-state index contributed by atoms with van der Waals surface area (Å²) in [6.45, 7) is 1.33. The van der Waals surface area contributed by atoms with E-state index in [1.54, 1.807) is 11.9 Å². The minimum absolute atomic E-state index is 0.0369. The molecule has 0 spiro atoms. The van der Waals surface area contributed by atoms with Crippen molar-refractivity contribution >= 4 is 23.4 Å². The lowest BCUT2D eigenvalue weighted by Crippen LogP contribution is -2.44. The number of piperidine rings is 1. The lowest BCUT2D eigenvalue weighted by molar-refractivity contribution is -0.135. The fraction of sp³-hybridized carbons (Fsp3) is 0.818. The second-order valence-electron chi connectivity index (χ2n) is 4.09. The Morgan fingerprint density at radius 2 is 2.25 bits per heavy atom. The summed E-state index contributed by atoms with van der Waals surface area (Å²) < 4.78 is 0. The van der Waals surface area contributed by atoms with E-state index in [1.165, 1.54) is 0 Å². The van der Waals surface area contributed by atoms with Gasteiger partial charge in [0.05, 0.1) is 5.92 Å². The van der Waals surface area contributed by atoms with Gasteiger partial charge in [-0.3, -0.25) is 9.59 Å². The molecule has 0 aromatic rings. The molecule has 0 aromatic heterocycles. The van der Waals surface area contributed by atoms with Crippen LogP contribution in [0, 0.1) is 5.92 Å². The van der Waals surface area contributed by atoms with E-state index in [-0.39, 0.29) is 17.7 Å². The highest BCUT2D eigenvalue weighted by Crippen LogP contribution is 2.17. The minimum atomic E-state index is -0.0429. The summed E-state index contributed by atoms with van der Waals surface area (Å²) in [4.78, 5) is 25.0. The largest absolute Gasteiger partial charge is 0.359 e. The van der Waals surface area contributed by atoms with E-state index in [4.69, 9.17) is 11.6 Å². The maximum absolute atomic E-state index is 11.7. The second kappa shape index (κ2) is 6.74. The third kappa shape index (κ3) is 3.67. The van der Waals surface area contributed by atoms with Crippen molar-refractivity contribution < 1.29 is 9.59 Å². The molecule has 0 saturated carbocycles. The van der Waals surface area contributed by atoms with Crippen LogP contribution in [0.25, 0.3) is 0 Å². The van der Waals surface area contributed by atoms with Crippen LogP contribution in [-0.2, 0) is 9.59 Å². The van der Waals surface area contributed by atoms with E-state index in [9.17, 15) is 9.59 Å². The van der Waals surface area contributed by atoms with Crippen LogP contribution in [0.15, 0.2) is 0 Å². The van der Waals surface area contributed by atoms with Crippen LogP contribution in [0.2, 0.25) is 0 Å². The number of hydrogen-bond acceptors (Lipinski definition) is 2. The Balaban J connectivity index is 2.43. The third-order valence-corrected chi connectivity index (χ3v) is 3.18. The number of halogens is 1. The Hall–Kier alpha value is -0.770. The molecule has 1 saturated heterocycles. The van der Waals surface area contributed by atoms with Gasteiger partial charge >= 0.3 is 0 Å². The third-order valence-electron chi connectivity index (χ3n) is 2.92. The molecule has 0 radical (unpaired) electrons. The maximum Gasteiger partial charge on any atom is 0.224 e. The Labute approximate surface area is 101 Å². The number of carbonyl (C=O) groups is 2. The topological polar surface area (TPSA) is 49.4 Å². The van der Waals surface area contributed by atoms with Crippen LogP contribution in [0.3, 0.4) is 0 Å². The molecule has 16 heavy (non-hydrogen) atoms. The van der Waals surface area contributed by atoms with Crippen molar-refractivity contribution in [1.82, 2.24) is 10.2 Å². The van der Waals surface area contributed by atoms with Crippen molar-refractivity contribution in [3.63, 3.8) is 0 Å². The van der Waals surface area contributed by atoms with Crippen molar-refractivity contribution in [2.24, 2.45) is 5.92 Å². The zero-order chi connectivity index (χ0) is 12.0. The van der Waals surface area contributed by atoms with Crippen LogP contribution in [0.5, 0.6) is 0 Å². The predicted molar refractivity (Wildman–Crippen MR) is 63.3 cm³/mol. The van der Waals surface area contributed by atoms with Crippen LogP contribution in [0.4, 0.5) is 0 Å². The fourth-order valence-electron chi connectivity index (χ4n) is 2.00. The zero-order valence-corrected chi connectivity index (χ0v) is 10.4. The number of nitrogens with one attached hydrogen (secondary N) is 1. The molecule has 1 N–H and O–H groups in total. The smallest absolute Gasteiger partial charge is 0.224 e. The van der Waals surface area contributed by atoms with Gasteiger partial charge in [-0.15, -0.1) is 11.6 Å². The number of alkyl halides is 1. The summed E-state index contributed by atoms with van der Waals surface area (Å²) in [5.74, 6) is 0.626. The minimum Gasteiger partial charge on any atom is -0.359 e. The number of nitrogens with zero attached hydrogens (tertiary/aromatic N) is 1. The molecule has 1 aliphatic heterocycles.